The summed E-state index contributed by atoms with van der Waals surface area (Å²) >= 11 is 0. The Morgan fingerprint density at radius 1 is 1.37 bits per heavy atom. The van der Waals surface area contributed by atoms with E-state index in [0.717, 1.165) is 24.9 Å². The lowest BCUT2D eigenvalue weighted by Crippen LogP contribution is -2.22. The zero-order valence-electron chi connectivity index (χ0n) is 11.5. The Kier molecular flexibility index (Phi) is 4.42. The van der Waals surface area contributed by atoms with Crippen molar-refractivity contribution >= 4 is 9.84 Å². The van der Waals surface area contributed by atoms with Crippen molar-refractivity contribution in [3.63, 3.8) is 0 Å². The van der Waals surface area contributed by atoms with Crippen LogP contribution in [0.3, 0.4) is 0 Å². The maximum absolute atomic E-state index is 11.7. The molecule has 1 aromatic carbocycles. The Morgan fingerprint density at radius 3 is 2.74 bits per heavy atom. The van der Waals surface area contributed by atoms with E-state index in [1.165, 1.54) is 18.2 Å². The number of hydrogen-bond acceptors (Lipinski definition) is 3. The molecular formula is C15H21NO2S. The standard InChI is InChI=1S/C15H21NO2S/c1-3-16-15(12-7-4-5-8-12)13-9-6-10-14(11-13)19(2,17)18/h6-7,9-11,15-16H,3-5,8H2,1-2H3. The van der Waals surface area contributed by atoms with Crippen molar-refractivity contribution in [1.29, 1.82) is 0 Å². The summed E-state index contributed by atoms with van der Waals surface area (Å²) in [5.74, 6) is 0. The molecule has 2 rings (SSSR count). The Morgan fingerprint density at radius 2 is 2.16 bits per heavy atom. The molecule has 1 aliphatic carbocycles. The lowest BCUT2D eigenvalue weighted by Gasteiger charge is -2.20. The van der Waals surface area contributed by atoms with E-state index in [2.05, 4.69) is 18.3 Å². The van der Waals surface area contributed by atoms with Crippen molar-refractivity contribution in [3.05, 3.63) is 41.5 Å². The molecule has 4 heteroatoms. The topological polar surface area (TPSA) is 46.2 Å². The second-order valence-corrected chi connectivity index (χ2v) is 7.02. The van der Waals surface area contributed by atoms with E-state index in [0.29, 0.717) is 4.90 Å². The van der Waals surface area contributed by atoms with Gasteiger partial charge in [0.1, 0.15) is 0 Å². The molecule has 0 radical (unpaired) electrons. The maximum Gasteiger partial charge on any atom is 0.175 e. The van der Waals surface area contributed by atoms with Crippen LogP contribution in [0.2, 0.25) is 0 Å². The minimum atomic E-state index is -3.14. The first kappa shape index (κ1) is 14.3. The molecule has 19 heavy (non-hydrogen) atoms. The van der Waals surface area contributed by atoms with E-state index < -0.39 is 9.84 Å². The molecule has 0 saturated carbocycles. The van der Waals surface area contributed by atoms with Crippen molar-refractivity contribution in [2.45, 2.75) is 37.1 Å². The van der Waals surface area contributed by atoms with Crippen molar-refractivity contribution in [1.82, 2.24) is 5.32 Å². The minimum absolute atomic E-state index is 0.147. The number of sulfone groups is 1. The van der Waals surface area contributed by atoms with Gasteiger partial charge in [0.2, 0.25) is 0 Å². The van der Waals surface area contributed by atoms with Crippen LogP contribution in [-0.2, 0) is 9.84 Å². The fourth-order valence-electron chi connectivity index (χ4n) is 2.55. The van der Waals surface area contributed by atoms with Gasteiger partial charge in [-0.05, 0) is 43.5 Å². The molecule has 0 bridgehead atoms. The van der Waals surface area contributed by atoms with Crippen molar-refractivity contribution in [3.8, 4) is 0 Å². The van der Waals surface area contributed by atoms with E-state index in [1.807, 2.05) is 12.1 Å². The van der Waals surface area contributed by atoms with Crippen LogP contribution in [0.4, 0.5) is 0 Å². The van der Waals surface area contributed by atoms with E-state index in [-0.39, 0.29) is 6.04 Å². The summed E-state index contributed by atoms with van der Waals surface area (Å²) in [6.45, 7) is 2.94. The van der Waals surface area contributed by atoms with E-state index in [4.69, 9.17) is 0 Å². The normalized spacial score (nSPS) is 17.3. The van der Waals surface area contributed by atoms with Crippen LogP contribution in [0, 0.1) is 0 Å². The molecule has 3 nitrogen and oxygen atoms in total. The molecule has 0 amide bonds. The molecule has 1 aromatic rings. The Hall–Kier alpha value is -1.13. The van der Waals surface area contributed by atoms with Gasteiger partial charge in [0.15, 0.2) is 9.84 Å². The molecule has 0 spiro atoms. The van der Waals surface area contributed by atoms with Gasteiger partial charge in [-0.1, -0.05) is 30.7 Å². The predicted molar refractivity (Wildman–Crippen MR) is 77.9 cm³/mol. The van der Waals surface area contributed by atoms with E-state index in [1.54, 1.807) is 12.1 Å². The highest BCUT2D eigenvalue weighted by molar-refractivity contribution is 7.90. The third-order valence-corrected chi connectivity index (χ3v) is 4.58. The molecule has 104 valence electrons. The highest BCUT2D eigenvalue weighted by Crippen LogP contribution is 2.31. The Labute approximate surface area is 115 Å². The smallest absolute Gasteiger partial charge is 0.175 e. The summed E-state index contributed by atoms with van der Waals surface area (Å²) in [7, 11) is -3.14. The third kappa shape index (κ3) is 3.45. The molecule has 0 saturated heterocycles. The largest absolute Gasteiger partial charge is 0.307 e. The monoisotopic (exact) mass is 279 g/mol. The van der Waals surface area contributed by atoms with Gasteiger partial charge in [-0.3, -0.25) is 0 Å². The average Bonchev–Trinajstić information content (AvgIpc) is 2.88. The SMILES string of the molecule is CCNC(C1=CCCC1)c1cccc(S(C)(=O)=O)c1. The van der Waals surface area contributed by atoms with Crippen LogP contribution in [0.5, 0.6) is 0 Å². The average molecular weight is 279 g/mol. The lowest BCUT2D eigenvalue weighted by molar-refractivity contribution is 0.596. The first-order valence-corrected chi connectivity index (χ1v) is 8.64. The van der Waals surface area contributed by atoms with Crippen molar-refractivity contribution < 1.29 is 8.42 Å². The predicted octanol–water partition coefficient (Wildman–Crippen LogP) is 2.85. The van der Waals surface area contributed by atoms with Gasteiger partial charge in [0.25, 0.3) is 0 Å². The molecular weight excluding hydrogens is 258 g/mol. The fraction of sp³-hybridized carbons (Fsp3) is 0.467. The third-order valence-electron chi connectivity index (χ3n) is 3.47. The van der Waals surface area contributed by atoms with Gasteiger partial charge in [-0.25, -0.2) is 8.42 Å². The molecule has 1 unspecified atom stereocenters. The molecule has 1 aliphatic rings. The highest BCUT2D eigenvalue weighted by Gasteiger charge is 2.19. The summed E-state index contributed by atoms with van der Waals surface area (Å²) in [4.78, 5) is 0.395. The van der Waals surface area contributed by atoms with Gasteiger partial charge < -0.3 is 5.32 Å². The van der Waals surface area contributed by atoms with Crippen LogP contribution in [0.15, 0.2) is 40.8 Å². The first-order valence-electron chi connectivity index (χ1n) is 6.74. The minimum Gasteiger partial charge on any atom is -0.307 e. The van der Waals surface area contributed by atoms with Crippen LogP contribution in [-0.4, -0.2) is 21.2 Å². The van der Waals surface area contributed by atoms with Gasteiger partial charge >= 0.3 is 0 Å². The molecule has 1 N–H and O–H groups in total. The number of nitrogens with one attached hydrogen (secondary N) is 1. The lowest BCUT2D eigenvalue weighted by atomic mass is 9.98. The quantitative estimate of drug-likeness (QED) is 0.843. The van der Waals surface area contributed by atoms with Crippen LogP contribution in [0.25, 0.3) is 0 Å². The van der Waals surface area contributed by atoms with Crippen LogP contribution >= 0.6 is 0 Å². The highest BCUT2D eigenvalue weighted by atomic mass is 32.2. The first-order chi connectivity index (χ1) is 9.02. The summed E-state index contributed by atoms with van der Waals surface area (Å²) in [5.41, 5.74) is 2.42. The molecule has 0 fully saturated rings. The number of likely N-dealkylation sites (N-methyl/N-ethyl adjacent to an activating group) is 1. The van der Waals surface area contributed by atoms with E-state index >= 15 is 0 Å². The molecule has 0 aliphatic heterocycles. The summed E-state index contributed by atoms with van der Waals surface area (Å²) in [6.07, 6.45) is 6.95. The molecule has 0 heterocycles. The van der Waals surface area contributed by atoms with Gasteiger partial charge in [0.05, 0.1) is 10.9 Å². The van der Waals surface area contributed by atoms with Gasteiger partial charge in [-0.15, -0.1) is 0 Å². The zero-order valence-corrected chi connectivity index (χ0v) is 12.3. The molecule has 0 aromatic heterocycles. The molecule has 1 atom stereocenters. The van der Waals surface area contributed by atoms with Crippen molar-refractivity contribution in [2.75, 3.05) is 12.8 Å². The maximum atomic E-state index is 11.7. The van der Waals surface area contributed by atoms with Gasteiger partial charge in [-0.2, -0.15) is 0 Å². The van der Waals surface area contributed by atoms with Crippen LogP contribution < -0.4 is 5.32 Å². The Balaban J connectivity index is 2.37. The summed E-state index contributed by atoms with van der Waals surface area (Å²) in [5, 5.41) is 3.46. The number of allylic oxidation sites excluding steroid dienone is 1. The number of hydrogen-bond donors (Lipinski definition) is 1. The Bertz CT molecular complexity index is 576. The number of rotatable bonds is 5. The summed E-state index contributed by atoms with van der Waals surface area (Å²) in [6, 6.07) is 7.42. The van der Waals surface area contributed by atoms with Crippen molar-refractivity contribution in [2.24, 2.45) is 0 Å². The van der Waals surface area contributed by atoms with Gasteiger partial charge in [0, 0.05) is 6.26 Å². The number of benzene rings is 1. The summed E-state index contributed by atoms with van der Waals surface area (Å²) < 4.78 is 23.3. The second-order valence-electron chi connectivity index (χ2n) is 5.01. The second kappa shape index (κ2) is 5.88. The van der Waals surface area contributed by atoms with E-state index in [9.17, 15) is 8.42 Å². The fourth-order valence-corrected chi connectivity index (χ4v) is 3.23. The zero-order chi connectivity index (χ0) is 13.9. The van der Waals surface area contributed by atoms with Crippen LogP contribution in [0.1, 0.15) is 37.8 Å².